The van der Waals surface area contributed by atoms with Crippen molar-refractivity contribution >= 4 is 17.8 Å². The highest BCUT2D eigenvalue weighted by atomic mass is 16.5. The molecule has 0 unspecified atom stereocenters. The molecular weight excluding hydrogens is 276 g/mol. The SMILES string of the molecule is Cc1cc([C@H]2CCCN2C(=O)C[C@@H]2NC(=O)NC2=O)on1. The van der Waals surface area contributed by atoms with Gasteiger partial charge in [0.25, 0.3) is 5.91 Å². The second kappa shape index (κ2) is 5.19. The number of nitrogens with one attached hydrogen (secondary N) is 2. The minimum Gasteiger partial charge on any atom is -0.359 e. The lowest BCUT2D eigenvalue weighted by Gasteiger charge is -2.23. The maximum absolute atomic E-state index is 12.4. The zero-order valence-corrected chi connectivity index (χ0v) is 11.6. The highest BCUT2D eigenvalue weighted by Crippen LogP contribution is 2.32. The average molecular weight is 292 g/mol. The summed E-state index contributed by atoms with van der Waals surface area (Å²) >= 11 is 0. The summed E-state index contributed by atoms with van der Waals surface area (Å²) in [6, 6.07) is 0.337. The van der Waals surface area contributed by atoms with Crippen molar-refractivity contribution in [2.75, 3.05) is 6.54 Å². The molecule has 2 N–H and O–H groups in total. The van der Waals surface area contributed by atoms with Crippen LogP contribution in [0.25, 0.3) is 0 Å². The Labute approximate surface area is 120 Å². The number of carbonyl (C=O) groups excluding carboxylic acids is 3. The number of hydrogen-bond acceptors (Lipinski definition) is 5. The van der Waals surface area contributed by atoms with Crippen LogP contribution in [-0.2, 0) is 9.59 Å². The molecule has 3 heterocycles. The molecule has 0 aliphatic carbocycles. The first kappa shape index (κ1) is 13.6. The Morgan fingerprint density at radius 3 is 2.95 bits per heavy atom. The molecule has 0 spiro atoms. The van der Waals surface area contributed by atoms with E-state index in [2.05, 4.69) is 15.8 Å². The first-order valence-corrected chi connectivity index (χ1v) is 6.88. The summed E-state index contributed by atoms with van der Waals surface area (Å²) in [6.45, 7) is 2.44. The van der Waals surface area contributed by atoms with Crippen molar-refractivity contribution in [3.8, 4) is 0 Å². The van der Waals surface area contributed by atoms with Crippen LogP contribution >= 0.6 is 0 Å². The Morgan fingerprint density at radius 2 is 2.33 bits per heavy atom. The van der Waals surface area contributed by atoms with Crippen molar-refractivity contribution in [2.24, 2.45) is 0 Å². The number of carbonyl (C=O) groups is 3. The van der Waals surface area contributed by atoms with Gasteiger partial charge < -0.3 is 14.7 Å². The van der Waals surface area contributed by atoms with E-state index in [9.17, 15) is 14.4 Å². The van der Waals surface area contributed by atoms with Gasteiger partial charge in [0, 0.05) is 12.6 Å². The molecule has 2 aliphatic heterocycles. The minimum absolute atomic E-state index is 0.0405. The Bertz CT molecular complexity index is 597. The van der Waals surface area contributed by atoms with Gasteiger partial charge in [-0.3, -0.25) is 14.9 Å². The van der Waals surface area contributed by atoms with Gasteiger partial charge in [-0.1, -0.05) is 5.16 Å². The maximum Gasteiger partial charge on any atom is 0.322 e. The molecule has 0 saturated carbocycles. The van der Waals surface area contributed by atoms with Crippen molar-refractivity contribution in [1.29, 1.82) is 0 Å². The van der Waals surface area contributed by atoms with Crippen molar-refractivity contribution in [3.63, 3.8) is 0 Å². The number of rotatable bonds is 3. The number of likely N-dealkylation sites (tertiary alicyclic amines) is 1. The minimum atomic E-state index is -0.789. The third kappa shape index (κ3) is 2.61. The highest BCUT2D eigenvalue weighted by Gasteiger charge is 2.37. The number of amides is 4. The van der Waals surface area contributed by atoms with Crippen LogP contribution in [0.4, 0.5) is 4.79 Å². The van der Waals surface area contributed by atoms with Crippen molar-refractivity contribution in [3.05, 3.63) is 17.5 Å². The van der Waals surface area contributed by atoms with Gasteiger partial charge in [0.2, 0.25) is 5.91 Å². The lowest BCUT2D eigenvalue weighted by molar-refractivity contribution is -0.135. The molecule has 8 heteroatoms. The Morgan fingerprint density at radius 1 is 1.52 bits per heavy atom. The molecule has 21 heavy (non-hydrogen) atoms. The van der Waals surface area contributed by atoms with E-state index in [0.717, 1.165) is 18.5 Å². The summed E-state index contributed by atoms with van der Waals surface area (Å²) < 4.78 is 5.24. The van der Waals surface area contributed by atoms with Crippen LogP contribution < -0.4 is 10.6 Å². The average Bonchev–Trinajstić information content (AvgIpc) is 3.10. The number of aryl methyl sites for hydroxylation is 1. The number of urea groups is 1. The third-order valence-electron chi connectivity index (χ3n) is 3.79. The fourth-order valence-corrected chi connectivity index (χ4v) is 2.80. The Hall–Kier alpha value is -2.38. The fourth-order valence-electron chi connectivity index (χ4n) is 2.80. The molecule has 0 aromatic carbocycles. The van der Waals surface area contributed by atoms with Crippen LogP contribution in [0.1, 0.15) is 36.8 Å². The fraction of sp³-hybridized carbons (Fsp3) is 0.538. The zero-order valence-electron chi connectivity index (χ0n) is 11.6. The molecule has 2 atom stereocenters. The summed E-state index contributed by atoms with van der Waals surface area (Å²) in [4.78, 5) is 36.6. The monoisotopic (exact) mass is 292 g/mol. The maximum atomic E-state index is 12.4. The van der Waals surface area contributed by atoms with Crippen molar-refractivity contribution < 1.29 is 18.9 Å². The van der Waals surface area contributed by atoms with Gasteiger partial charge in [-0.25, -0.2) is 4.79 Å². The van der Waals surface area contributed by atoms with Crippen LogP contribution in [0.3, 0.4) is 0 Å². The van der Waals surface area contributed by atoms with Gasteiger partial charge in [0.15, 0.2) is 5.76 Å². The molecule has 0 bridgehead atoms. The van der Waals surface area contributed by atoms with E-state index in [1.165, 1.54) is 0 Å². The summed E-state index contributed by atoms with van der Waals surface area (Å²) in [5, 5.41) is 8.40. The zero-order chi connectivity index (χ0) is 15.0. The second-order valence-corrected chi connectivity index (χ2v) is 5.34. The molecule has 1 aromatic heterocycles. The summed E-state index contributed by atoms with van der Waals surface area (Å²) in [5.74, 6) is 0.0340. The quantitative estimate of drug-likeness (QED) is 0.777. The number of aromatic nitrogens is 1. The van der Waals surface area contributed by atoms with Crippen molar-refractivity contribution in [2.45, 2.75) is 38.3 Å². The topological polar surface area (TPSA) is 105 Å². The molecular formula is C13H16N4O4. The third-order valence-corrected chi connectivity index (χ3v) is 3.79. The normalized spacial score (nSPS) is 25.1. The van der Waals surface area contributed by atoms with E-state index in [1.807, 2.05) is 13.0 Å². The van der Waals surface area contributed by atoms with Crippen LogP contribution in [0, 0.1) is 6.92 Å². The summed E-state index contributed by atoms with van der Waals surface area (Å²) in [5.41, 5.74) is 0.770. The van der Waals surface area contributed by atoms with E-state index >= 15 is 0 Å². The van der Waals surface area contributed by atoms with E-state index in [-0.39, 0.29) is 18.4 Å². The van der Waals surface area contributed by atoms with Gasteiger partial charge in [0.1, 0.15) is 6.04 Å². The number of imide groups is 1. The van der Waals surface area contributed by atoms with Gasteiger partial charge in [-0.2, -0.15) is 0 Å². The van der Waals surface area contributed by atoms with E-state index in [4.69, 9.17) is 4.52 Å². The molecule has 8 nitrogen and oxygen atoms in total. The smallest absolute Gasteiger partial charge is 0.322 e. The standard InChI is InChI=1S/C13H16N4O4/c1-7-5-10(21-16-7)9-3-2-4-17(9)11(18)6-8-12(19)15-13(20)14-8/h5,8-9H,2-4,6H2,1H3,(H2,14,15,19,20)/t8-,9+/m0/s1. The van der Waals surface area contributed by atoms with Gasteiger partial charge >= 0.3 is 6.03 Å². The Kier molecular flexibility index (Phi) is 3.36. The number of nitrogens with zero attached hydrogens (tertiary/aromatic N) is 2. The lowest BCUT2D eigenvalue weighted by Crippen LogP contribution is -2.38. The Balaban J connectivity index is 1.69. The lowest BCUT2D eigenvalue weighted by atomic mass is 10.1. The molecule has 0 radical (unpaired) electrons. The first-order valence-electron chi connectivity index (χ1n) is 6.88. The van der Waals surface area contributed by atoms with Gasteiger partial charge in [-0.05, 0) is 19.8 Å². The summed E-state index contributed by atoms with van der Waals surface area (Å²) in [6.07, 6.45) is 1.64. The number of hydrogen-bond donors (Lipinski definition) is 2. The first-order chi connectivity index (χ1) is 10.0. The molecule has 2 saturated heterocycles. The van der Waals surface area contributed by atoms with Crippen LogP contribution in [0.5, 0.6) is 0 Å². The predicted molar refractivity (Wildman–Crippen MR) is 70.0 cm³/mol. The van der Waals surface area contributed by atoms with Gasteiger partial charge in [-0.15, -0.1) is 0 Å². The highest BCUT2D eigenvalue weighted by molar-refractivity contribution is 6.05. The molecule has 4 amide bonds. The van der Waals surface area contributed by atoms with E-state index in [1.54, 1.807) is 4.90 Å². The van der Waals surface area contributed by atoms with Crippen molar-refractivity contribution in [1.82, 2.24) is 20.7 Å². The molecule has 2 aliphatic rings. The largest absolute Gasteiger partial charge is 0.359 e. The van der Waals surface area contributed by atoms with E-state index in [0.29, 0.717) is 12.3 Å². The predicted octanol–water partition coefficient (Wildman–Crippen LogP) is 0.245. The van der Waals surface area contributed by atoms with Crippen LogP contribution in [0.15, 0.2) is 10.6 Å². The molecule has 112 valence electrons. The molecule has 3 rings (SSSR count). The van der Waals surface area contributed by atoms with Crippen LogP contribution in [-0.4, -0.2) is 40.5 Å². The van der Waals surface area contributed by atoms with Crippen LogP contribution in [0.2, 0.25) is 0 Å². The van der Waals surface area contributed by atoms with Gasteiger partial charge in [0.05, 0.1) is 18.2 Å². The summed E-state index contributed by atoms with van der Waals surface area (Å²) in [7, 11) is 0. The second-order valence-electron chi connectivity index (χ2n) is 5.34. The molecule has 1 aromatic rings. The van der Waals surface area contributed by atoms with E-state index < -0.39 is 18.0 Å². The molecule has 2 fully saturated rings.